The maximum absolute atomic E-state index is 12.3. The molecule has 1 aliphatic rings. The zero-order valence-electron chi connectivity index (χ0n) is 11.4. The van der Waals surface area contributed by atoms with Gasteiger partial charge in [-0.05, 0) is 48.9 Å². The van der Waals surface area contributed by atoms with Gasteiger partial charge in [-0.2, -0.15) is 0 Å². The molecule has 1 aromatic rings. The summed E-state index contributed by atoms with van der Waals surface area (Å²) in [5, 5.41) is 8.77. The Morgan fingerprint density at radius 3 is 2.70 bits per heavy atom. The summed E-state index contributed by atoms with van der Waals surface area (Å²) in [6.07, 6.45) is 3.20. The average molecular weight is 297 g/mol. The monoisotopic (exact) mass is 297 g/mol. The van der Waals surface area contributed by atoms with E-state index in [1.165, 1.54) is 5.56 Å². The van der Waals surface area contributed by atoms with E-state index in [4.69, 9.17) is 5.11 Å². The fraction of sp³-hybridized carbons (Fsp3) is 0.500. The molecule has 0 fully saturated rings. The minimum atomic E-state index is -3.65. The molecule has 20 heavy (non-hydrogen) atoms. The molecule has 5 nitrogen and oxygen atoms in total. The number of fused-ring (bicyclic) bond motifs is 1. The highest BCUT2D eigenvalue weighted by molar-refractivity contribution is 7.89. The Hall–Kier alpha value is -1.40. The second kappa shape index (κ2) is 5.93. The highest BCUT2D eigenvalue weighted by atomic mass is 32.2. The van der Waals surface area contributed by atoms with Crippen molar-refractivity contribution in [1.82, 2.24) is 4.72 Å². The van der Waals surface area contributed by atoms with E-state index in [0.29, 0.717) is 6.42 Å². The average Bonchev–Trinajstić information content (AvgIpc) is 2.84. The Bertz CT molecular complexity index is 610. The van der Waals surface area contributed by atoms with Crippen LogP contribution in [0.15, 0.2) is 23.1 Å². The summed E-state index contributed by atoms with van der Waals surface area (Å²) >= 11 is 0. The fourth-order valence-electron chi connectivity index (χ4n) is 2.48. The van der Waals surface area contributed by atoms with E-state index in [-0.39, 0.29) is 11.3 Å². The van der Waals surface area contributed by atoms with E-state index < -0.39 is 22.0 Å². The minimum Gasteiger partial charge on any atom is -0.481 e. The van der Waals surface area contributed by atoms with Crippen molar-refractivity contribution in [3.8, 4) is 0 Å². The fourth-order valence-corrected chi connectivity index (χ4v) is 3.85. The first-order valence-electron chi connectivity index (χ1n) is 6.78. The molecule has 0 saturated heterocycles. The van der Waals surface area contributed by atoms with E-state index in [1.54, 1.807) is 19.1 Å². The molecule has 1 atom stereocenters. The first-order valence-corrected chi connectivity index (χ1v) is 8.26. The zero-order chi connectivity index (χ0) is 14.8. The lowest BCUT2D eigenvalue weighted by molar-refractivity contribution is -0.137. The Labute approximate surface area is 119 Å². The molecule has 110 valence electrons. The highest BCUT2D eigenvalue weighted by Gasteiger charge is 2.22. The number of rotatable bonds is 6. The second-order valence-corrected chi connectivity index (χ2v) is 6.82. The summed E-state index contributed by atoms with van der Waals surface area (Å²) in [6.45, 7) is 1.76. The van der Waals surface area contributed by atoms with E-state index in [9.17, 15) is 13.2 Å². The molecule has 2 N–H and O–H groups in total. The van der Waals surface area contributed by atoms with Crippen molar-refractivity contribution in [2.24, 2.45) is 0 Å². The second-order valence-electron chi connectivity index (χ2n) is 5.11. The number of carboxylic acid groups (broad SMARTS) is 1. The third kappa shape index (κ3) is 3.37. The van der Waals surface area contributed by atoms with Crippen LogP contribution in [0.3, 0.4) is 0 Å². The lowest BCUT2D eigenvalue weighted by Gasteiger charge is -2.15. The molecular weight excluding hydrogens is 278 g/mol. The molecule has 0 aliphatic heterocycles. The van der Waals surface area contributed by atoms with Crippen LogP contribution in [0.1, 0.15) is 37.3 Å². The van der Waals surface area contributed by atoms with E-state index in [0.717, 1.165) is 24.8 Å². The Kier molecular flexibility index (Phi) is 4.45. The van der Waals surface area contributed by atoms with Gasteiger partial charge in [0.25, 0.3) is 0 Å². The van der Waals surface area contributed by atoms with Gasteiger partial charge in [0, 0.05) is 6.04 Å². The molecule has 1 aliphatic carbocycles. The lowest BCUT2D eigenvalue weighted by Crippen LogP contribution is -2.36. The summed E-state index contributed by atoms with van der Waals surface area (Å²) in [5.41, 5.74) is 2.29. The van der Waals surface area contributed by atoms with Crippen molar-refractivity contribution in [2.45, 2.75) is 50.0 Å². The lowest BCUT2D eigenvalue weighted by atomic mass is 10.1. The largest absolute Gasteiger partial charge is 0.481 e. The van der Waals surface area contributed by atoms with Crippen molar-refractivity contribution >= 4 is 16.0 Å². The third-order valence-electron chi connectivity index (χ3n) is 3.62. The molecular formula is C14H19NO4S. The number of carbonyl (C=O) groups is 1. The molecule has 0 aromatic heterocycles. The van der Waals surface area contributed by atoms with Crippen LogP contribution >= 0.6 is 0 Å². The van der Waals surface area contributed by atoms with Gasteiger partial charge in [-0.15, -0.1) is 0 Å². The summed E-state index contributed by atoms with van der Waals surface area (Å²) in [6, 6.07) is 4.58. The van der Waals surface area contributed by atoms with Crippen LogP contribution < -0.4 is 4.72 Å². The van der Waals surface area contributed by atoms with Crippen LogP contribution in [0.2, 0.25) is 0 Å². The molecule has 2 rings (SSSR count). The predicted octanol–water partition coefficient (Wildman–Crippen LogP) is 1.71. The topological polar surface area (TPSA) is 83.5 Å². The van der Waals surface area contributed by atoms with Crippen LogP contribution in [-0.2, 0) is 27.7 Å². The predicted molar refractivity (Wildman–Crippen MR) is 75.1 cm³/mol. The smallest absolute Gasteiger partial charge is 0.304 e. The maximum atomic E-state index is 12.3. The normalized spacial score (nSPS) is 15.8. The van der Waals surface area contributed by atoms with E-state index in [1.807, 2.05) is 6.07 Å². The van der Waals surface area contributed by atoms with Crippen molar-refractivity contribution in [3.63, 3.8) is 0 Å². The van der Waals surface area contributed by atoms with Gasteiger partial charge in [0.05, 0.1) is 11.3 Å². The molecule has 0 radical (unpaired) electrons. The van der Waals surface area contributed by atoms with Crippen LogP contribution in [0.4, 0.5) is 0 Å². The van der Waals surface area contributed by atoms with Gasteiger partial charge in [-0.3, -0.25) is 4.79 Å². The van der Waals surface area contributed by atoms with Crippen LogP contribution in [0.25, 0.3) is 0 Å². The zero-order valence-corrected chi connectivity index (χ0v) is 12.2. The summed E-state index contributed by atoms with van der Waals surface area (Å²) in [5.74, 6) is -1.01. The molecule has 0 bridgehead atoms. The molecule has 1 unspecified atom stereocenters. The summed E-state index contributed by atoms with van der Waals surface area (Å²) in [4.78, 5) is 10.9. The van der Waals surface area contributed by atoms with Crippen LogP contribution in [-0.4, -0.2) is 25.5 Å². The van der Waals surface area contributed by atoms with Gasteiger partial charge in [-0.1, -0.05) is 13.0 Å². The number of nitrogens with one attached hydrogen (secondary N) is 1. The molecule has 0 saturated carbocycles. The van der Waals surface area contributed by atoms with E-state index in [2.05, 4.69) is 4.72 Å². The van der Waals surface area contributed by atoms with Gasteiger partial charge in [0.1, 0.15) is 0 Å². The van der Waals surface area contributed by atoms with Crippen molar-refractivity contribution < 1.29 is 18.3 Å². The Balaban J connectivity index is 2.19. The summed E-state index contributed by atoms with van der Waals surface area (Å²) in [7, 11) is -3.65. The van der Waals surface area contributed by atoms with Gasteiger partial charge in [0.2, 0.25) is 10.0 Å². The van der Waals surface area contributed by atoms with Crippen LogP contribution in [0, 0.1) is 0 Å². The first kappa shape index (κ1) is 15.0. The number of hydrogen-bond acceptors (Lipinski definition) is 3. The first-order chi connectivity index (χ1) is 9.42. The Morgan fingerprint density at radius 2 is 2.05 bits per heavy atom. The number of benzene rings is 1. The van der Waals surface area contributed by atoms with Crippen molar-refractivity contribution in [2.75, 3.05) is 0 Å². The highest BCUT2D eigenvalue weighted by Crippen LogP contribution is 2.24. The summed E-state index contributed by atoms with van der Waals surface area (Å²) < 4.78 is 27.0. The number of aliphatic carboxylic acids is 1. The molecule has 0 spiro atoms. The number of carboxylic acids is 1. The maximum Gasteiger partial charge on any atom is 0.304 e. The number of sulfonamides is 1. The molecule has 6 heteroatoms. The molecule has 1 aromatic carbocycles. The SMILES string of the molecule is CCC(CC(=O)O)NS(=O)(=O)c1ccc2c(c1)CCC2. The third-order valence-corrected chi connectivity index (χ3v) is 5.13. The van der Waals surface area contributed by atoms with Gasteiger partial charge in [0.15, 0.2) is 0 Å². The quantitative estimate of drug-likeness (QED) is 0.837. The number of aryl methyl sites for hydroxylation is 2. The van der Waals surface area contributed by atoms with Gasteiger partial charge >= 0.3 is 5.97 Å². The van der Waals surface area contributed by atoms with Gasteiger partial charge < -0.3 is 5.11 Å². The standard InChI is InChI=1S/C14H19NO4S/c1-2-12(9-14(16)17)15-20(18,19)13-7-6-10-4-3-5-11(10)8-13/h6-8,12,15H,2-5,9H2,1H3,(H,16,17). The van der Waals surface area contributed by atoms with Crippen LogP contribution in [0.5, 0.6) is 0 Å². The number of hydrogen-bond donors (Lipinski definition) is 2. The van der Waals surface area contributed by atoms with Crippen molar-refractivity contribution in [3.05, 3.63) is 29.3 Å². The van der Waals surface area contributed by atoms with Crippen molar-refractivity contribution in [1.29, 1.82) is 0 Å². The van der Waals surface area contributed by atoms with E-state index >= 15 is 0 Å². The molecule has 0 amide bonds. The van der Waals surface area contributed by atoms with Gasteiger partial charge in [-0.25, -0.2) is 13.1 Å². The Morgan fingerprint density at radius 1 is 1.35 bits per heavy atom. The molecule has 0 heterocycles. The minimum absolute atomic E-state index is 0.208.